The summed E-state index contributed by atoms with van der Waals surface area (Å²) in [6.45, 7) is 9.19. The number of rotatable bonds is 6. The molecule has 0 N–H and O–H groups in total. The molecule has 0 amide bonds. The van der Waals surface area contributed by atoms with E-state index in [0.717, 1.165) is 21.8 Å². The monoisotopic (exact) mass is 498 g/mol. The first-order valence-electron chi connectivity index (χ1n) is 10.0. The molecule has 0 atom stereocenters. The summed E-state index contributed by atoms with van der Waals surface area (Å²) in [5.74, 6) is 1.23. The minimum Gasteiger partial charge on any atom is -0.0625 e. The van der Waals surface area contributed by atoms with Crippen molar-refractivity contribution < 1.29 is 0 Å². The molecule has 0 aliphatic rings. The Morgan fingerprint density at radius 1 is 0.571 bits per heavy atom. The largest absolute Gasteiger partial charge is 0.0625 e. The number of benzene rings is 3. The van der Waals surface area contributed by atoms with Gasteiger partial charge in [-0.05, 0) is 82.3 Å². The minimum absolute atomic E-state index is 0.614. The molecule has 0 radical (unpaired) electrons. The Labute approximate surface area is 186 Å². The van der Waals surface area contributed by atoms with Crippen LogP contribution in [0.4, 0.5) is 0 Å². The lowest BCUT2D eigenvalue weighted by molar-refractivity contribution is 0.642. The molecule has 0 aromatic heterocycles. The summed E-state index contributed by atoms with van der Waals surface area (Å²) in [5, 5.41) is 0. The van der Waals surface area contributed by atoms with E-state index in [2.05, 4.69) is 120 Å². The molecular weight excluding hydrogens is 472 g/mol. The Balaban J connectivity index is 2.21. The summed E-state index contributed by atoms with van der Waals surface area (Å²) in [5.41, 5.74) is 8.21. The van der Waals surface area contributed by atoms with Crippen molar-refractivity contribution in [3.63, 3.8) is 0 Å². The second-order valence-corrected chi connectivity index (χ2v) is 10.2. The van der Waals surface area contributed by atoms with Crippen molar-refractivity contribution in [2.24, 2.45) is 11.8 Å². The van der Waals surface area contributed by atoms with Gasteiger partial charge < -0.3 is 0 Å². The summed E-state index contributed by atoms with van der Waals surface area (Å²) in [7, 11) is 0. The maximum absolute atomic E-state index is 3.57. The van der Waals surface area contributed by atoms with Crippen LogP contribution in [0, 0.1) is 11.8 Å². The van der Waals surface area contributed by atoms with Crippen molar-refractivity contribution in [1.29, 1.82) is 0 Å². The van der Waals surface area contributed by atoms with E-state index in [4.69, 9.17) is 0 Å². The first-order chi connectivity index (χ1) is 13.3. The predicted octanol–water partition coefficient (Wildman–Crippen LogP) is 8.94. The average molecular weight is 500 g/mol. The van der Waals surface area contributed by atoms with Crippen LogP contribution >= 0.6 is 31.9 Å². The molecule has 0 fully saturated rings. The number of halogens is 2. The highest BCUT2D eigenvalue weighted by molar-refractivity contribution is 9.10. The van der Waals surface area contributed by atoms with Crippen LogP contribution in [0.1, 0.15) is 38.8 Å². The molecule has 2 heteroatoms. The van der Waals surface area contributed by atoms with Crippen LogP contribution in [0.5, 0.6) is 0 Å². The van der Waals surface area contributed by atoms with Crippen molar-refractivity contribution in [2.45, 2.75) is 40.5 Å². The summed E-state index contributed by atoms with van der Waals surface area (Å²) >= 11 is 7.14. The van der Waals surface area contributed by atoms with Gasteiger partial charge in [-0.15, -0.1) is 0 Å². The summed E-state index contributed by atoms with van der Waals surface area (Å²) in [4.78, 5) is 0. The third-order valence-electron chi connectivity index (χ3n) is 4.90. The fourth-order valence-corrected chi connectivity index (χ4v) is 4.23. The Kier molecular flexibility index (Phi) is 7.17. The second-order valence-electron chi connectivity index (χ2n) is 8.38. The first kappa shape index (κ1) is 21.3. The van der Waals surface area contributed by atoms with Gasteiger partial charge in [0, 0.05) is 8.95 Å². The third-order valence-corrected chi connectivity index (χ3v) is 5.95. The van der Waals surface area contributed by atoms with E-state index >= 15 is 0 Å². The van der Waals surface area contributed by atoms with Crippen LogP contribution in [0.25, 0.3) is 22.3 Å². The highest BCUT2D eigenvalue weighted by atomic mass is 79.9. The lowest BCUT2D eigenvalue weighted by atomic mass is 9.85. The van der Waals surface area contributed by atoms with Crippen molar-refractivity contribution in [2.75, 3.05) is 0 Å². The van der Waals surface area contributed by atoms with Crippen molar-refractivity contribution in [3.8, 4) is 22.3 Å². The van der Waals surface area contributed by atoms with E-state index in [0.29, 0.717) is 11.8 Å². The molecule has 0 bridgehead atoms. The van der Waals surface area contributed by atoms with Crippen LogP contribution in [0.3, 0.4) is 0 Å². The quantitative estimate of drug-likeness (QED) is 0.317. The van der Waals surface area contributed by atoms with Gasteiger partial charge in [0.1, 0.15) is 0 Å². The van der Waals surface area contributed by atoms with Crippen LogP contribution in [0.2, 0.25) is 0 Å². The van der Waals surface area contributed by atoms with E-state index in [1.54, 1.807) is 0 Å². The second kappa shape index (κ2) is 9.41. The average Bonchev–Trinajstić information content (AvgIpc) is 2.63. The number of hydrogen-bond acceptors (Lipinski definition) is 0. The van der Waals surface area contributed by atoms with E-state index < -0.39 is 0 Å². The van der Waals surface area contributed by atoms with Gasteiger partial charge >= 0.3 is 0 Å². The minimum atomic E-state index is 0.614. The predicted molar refractivity (Wildman–Crippen MR) is 130 cm³/mol. The normalized spacial score (nSPS) is 11.4. The molecule has 3 rings (SSSR count). The van der Waals surface area contributed by atoms with Gasteiger partial charge in [-0.25, -0.2) is 0 Å². The molecule has 0 saturated heterocycles. The molecule has 0 spiro atoms. The standard InChI is InChI=1S/C26H28Br2/c1-17(2)13-21-15-26(20-7-11-24(28)12-8-20)22(14-18(3)4)16-25(21)19-5-9-23(27)10-6-19/h5-12,15-18H,13-14H2,1-4H3. The Hall–Kier alpha value is -1.38. The van der Waals surface area contributed by atoms with E-state index in [9.17, 15) is 0 Å². The van der Waals surface area contributed by atoms with Crippen LogP contribution in [-0.4, -0.2) is 0 Å². The molecular formula is C26H28Br2. The molecule has 3 aromatic rings. The Morgan fingerprint density at radius 3 is 1.18 bits per heavy atom. The van der Waals surface area contributed by atoms with E-state index in [1.807, 2.05) is 0 Å². The van der Waals surface area contributed by atoms with Crippen LogP contribution < -0.4 is 0 Å². The molecule has 0 nitrogen and oxygen atoms in total. The molecule has 28 heavy (non-hydrogen) atoms. The van der Waals surface area contributed by atoms with E-state index in [-0.39, 0.29) is 0 Å². The maximum atomic E-state index is 3.57. The van der Waals surface area contributed by atoms with Gasteiger partial charge in [0.15, 0.2) is 0 Å². The fraction of sp³-hybridized carbons (Fsp3) is 0.308. The zero-order valence-corrected chi connectivity index (χ0v) is 20.3. The first-order valence-corrected chi connectivity index (χ1v) is 11.6. The topological polar surface area (TPSA) is 0 Å². The molecule has 0 unspecified atom stereocenters. The highest BCUT2D eigenvalue weighted by Crippen LogP contribution is 2.35. The van der Waals surface area contributed by atoms with Crippen molar-refractivity contribution in [3.05, 3.63) is 80.7 Å². The van der Waals surface area contributed by atoms with Gasteiger partial charge in [0.2, 0.25) is 0 Å². The van der Waals surface area contributed by atoms with Gasteiger partial charge in [-0.1, -0.05) is 96.0 Å². The maximum Gasteiger partial charge on any atom is 0.0175 e. The lowest BCUT2D eigenvalue weighted by Gasteiger charge is -2.20. The highest BCUT2D eigenvalue weighted by Gasteiger charge is 2.15. The summed E-state index contributed by atoms with van der Waals surface area (Å²) < 4.78 is 2.24. The van der Waals surface area contributed by atoms with Gasteiger partial charge in [-0.2, -0.15) is 0 Å². The van der Waals surface area contributed by atoms with Crippen LogP contribution in [0.15, 0.2) is 69.6 Å². The Morgan fingerprint density at radius 2 is 0.893 bits per heavy atom. The summed E-state index contributed by atoms with van der Waals surface area (Å²) in [6.07, 6.45) is 2.16. The molecule has 0 saturated carbocycles. The molecule has 146 valence electrons. The lowest BCUT2D eigenvalue weighted by Crippen LogP contribution is -2.03. The van der Waals surface area contributed by atoms with Crippen LogP contribution in [-0.2, 0) is 12.8 Å². The zero-order valence-electron chi connectivity index (χ0n) is 17.1. The van der Waals surface area contributed by atoms with Gasteiger partial charge in [0.25, 0.3) is 0 Å². The third kappa shape index (κ3) is 5.36. The zero-order chi connectivity index (χ0) is 20.3. The SMILES string of the molecule is CC(C)Cc1cc(-c2ccc(Br)cc2)c(CC(C)C)cc1-c1ccc(Br)cc1. The number of hydrogen-bond donors (Lipinski definition) is 0. The molecule has 0 aliphatic heterocycles. The summed E-state index contributed by atoms with van der Waals surface area (Å²) in [6, 6.07) is 22.3. The molecule has 3 aromatic carbocycles. The van der Waals surface area contributed by atoms with Gasteiger partial charge in [-0.3, -0.25) is 0 Å². The van der Waals surface area contributed by atoms with Gasteiger partial charge in [0.05, 0.1) is 0 Å². The van der Waals surface area contributed by atoms with Crippen molar-refractivity contribution in [1.82, 2.24) is 0 Å². The molecule has 0 heterocycles. The Bertz CT molecular complexity index is 841. The van der Waals surface area contributed by atoms with Crippen molar-refractivity contribution >= 4 is 31.9 Å². The smallest absolute Gasteiger partial charge is 0.0175 e. The fourth-order valence-electron chi connectivity index (χ4n) is 3.70. The molecule has 0 aliphatic carbocycles. The van der Waals surface area contributed by atoms with E-state index in [1.165, 1.54) is 33.4 Å².